The number of hydrogen-bond donors (Lipinski definition) is 1. The van der Waals surface area contributed by atoms with E-state index < -0.39 is 0 Å². The zero-order chi connectivity index (χ0) is 11.6. The van der Waals surface area contributed by atoms with Gasteiger partial charge in [0.15, 0.2) is 0 Å². The van der Waals surface area contributed by atoms with Gasteiger partial charge in [-0.05, 0) is 43.0 Å². The summed E-state index contributed by atoms with van der Waals surface area (Å²) in [7, 11) is 1.73. The highest BCUT2D eigenvalue weighted by molar-refractivity contribution is 5.09. The molecule has 1 aromatic heterocycles. The van der Waals surface area contributed by atoms with Crippen LogP contribution in [0.4, 0.5) is 0 Å². The molecule has 16 heavy (non-hydrogen) atoms. The van der Waals surface area contributed by atoms with E-state index in [4.69, 9.17) is 4.74 Å². The highest BCUT2D eigenvalue weighted by atomic mass is 16.5. The van der Waals surface area contributed by atoms with Crippen molar-refractivity contribution in [3.8, 4) is 0 Å². The molecule has 90 valence electrons. The zero-order valence-electron chi connectivity index (χ0n) is 10.3. The third-order valence-corrected chi connectivity index (χ3v) is 2.65. The maximum Gasteiger partial charge on any atom is 0.0587 e. The summed E-state index contributed by atoms with van der Waals surface area (Å²) >= 11 is 0. The number of nitrogens with one attached hydrogen (secondary N) is 1. The van der Waals surface area contributed by atoms with E-state index in [1.807, 2.05) is 12.4 Å². The predicted octanol–water partition coefficient (Wildman–Crippen LogP) is 1.89. The first-order valence-electron chi connectivity index (χ1n) is 5.91. The second kappa shape index (κ2) is 8.25. The Morgan fingerprint density at radius 3 is 2.81 bits per heavy atom. The molecule has 1 aromatic rings. The van der Waals surface area contributed by atoms with Gasteiger partial charge in [0.05, 0.1) is 6.61 Å². The molecular weight excluding hydrogens is 200 g/mol. The van der Waals surface area contributed by atoms with Crippen LogP contribution in [0.15, 0.2) is 24.5 Å². The van der Waals surface area contributed by atoms with Crippen LogP contribution in [0.5, 0.6) is 0 Å². The van der Waals surface area contributed by atoms with Crippen LogP contribution in [0.1, 0.15) is 18.9 Å². The van der Waals surface area contributed by atoms with E-state index in [-0.39, 0.29) is 0 Å². The van der Waals surface area contributed by atoms with Crippen molar-refractivity contribution in [1.82, 2.24) is 10.3 Å². The molecule has 0 bridgehead atoms. The molecule has 1 atom stereocenters. The summed E-state index contributed by atoms with van der Waals surface area (Å²) in [6, 6.07) is 4.18. The van der Waals surface area contributed by atoms with Crippen molar-refractivity contribution in [2.24, 2.45) is 5.92 Å². The fourth-order valence-corrected chi connectivity index (χ4v) is 1.59. The van der Waals surface area contributed by atoms with Crippen molar-refractivity contribution >= 4 is 0 Å². The minimum absolute atomic E-state index is 0.699. The zero-order valence-corrected chi connectivity index (χ0v) is 10.3. The van der Waals surface area contributed by atoms with Crippen molar-refractivity contribution in [2.45, 2.75) is 19.8 Å². The van der Waals surface area contributed by atoms with Crippen molar-refractivity contribution in [3.05, 3.63) is 30.1 Å². The van der Waals surface area contributed by atoms with E-state index in [1.165, 1.54) is 12.0 Å². The van der Waals surface area contributed by atoms with E-state index in [2.05, 4.69) is 29.4 Å². The first-order chi connectivity index (χ1) is 7.83. The lowest BCUT2D eigenvalue weighted by atomic mass is 10.0. The maximum absolute atomic E-state index is 4.98. The fraction of sp³-hybridized carbons (Fsp3) is 0.615. The Morgan fingerprint density at radius 2 is 2.12 bits per heavy atom. The summed E-state index contributed by atoms with van der Waals surface area (Å²) in [5.74, 6) is 0.699. The number of pyridine rings is 1. The van der Waals surface area contributed by atoms with Gasteiger partial charge in [0.1, 0.15) is 0 Å². The van der Waals surface area contributed by atoms with Crippen molar-refractivity contribution in [1.29, 1.82) is 0 Å². The maximum atomic E-state index is 4.98. The van der Waals surface area contributed by atoms with Gasteiger partial charge in [0.25, 0.3) is 0 Å². The Hall–Kier alpha value is -0.930. The van der Waals surface area contributed by atoms with Crippen LogP contribution in [-0.4, -0.2) is 31.8 Å². The first-order valence-corrected chi connectivity index (χ1v) is 5.91. The molecule has 0 radical (unpaired) electrons. The fourth-order valence-electron chi connectivity index (χ4n) is 1.59. The summed E-state index contributed by atoms with van der Waals surface area (Å²) in [4.78, 5) is 4.02. The molecule has 1 heterocycles. The van der Waals surface area contributed by atoms with Crippen LogP contribution >= 0.6 is 0 Å². The van der Waals surface area contributed by atoms with Crippen LogP contribution in [-0.2, 0) is 11.2 Å². The summed E-state index contributed by atoms with van der Waals surface area (Å²) < 4.78 is 4.98. The van der Waals surface area contributed by atoms with E-state index in [9.17, 15) is 0 Å². The number of ether oxygens (including phenoxy) is 1. The lowest BCUT2D eigenvalue weighted by Gasteiger charge is -2.12. The van der Waals surface area contributed by atoms with E-state index in [0.29, 0.717) is 5.92 Å². The van der Waals surface area contributed by atoms with Crippen molar-refractivity contribution < 1.29 is 4.74 Å². The second-order valence-electron chi connectivity index (χ2n) is 4.20. The standard InChI is InChI=1S/C13H22N2O/c1-12(11-15-9-10-16-2)3-4-13-5-7-14-8-6-13/h5-8,12,15H,3-4,9-11H2,1-2H3. The van der Waals surface area contributed by atoms with E-state index in [1.54, 1.807) is 7.11 Å². The Balaban J connectivity index is 2.08. The van der Waals surface area contributed by atoms with Crippen LogP contribution in [0.25, 0.3) is 0 Å². The molecule has 0 spiro atoms. The molecule has 3 heteroatoms. The number of nitrogens with zero attached hydrogens (tertiary/aromatic N) is 1. The lowest BCUT2D eigenvalue weighted by Crippen LogP contribution is -2.25. The van der Waals surface area contributed by atoms with Gasteiger partial charge in [-0.1, -0.05) is 6.92 Å². The molecule has 1 unspecified atom stereocenters. The quantitative estimate of drug-likeness (QED) is 0.682. The highest BCUT2D eigenvalue weighted by Gasteiger charge is 2.02. The number of aryl methyl sites for hydroxylation is 1. The summed E-state index contributed by atoms with van der Waals surface area (Å²) in [5, 5.41) is 3.38. The van der Waals surface area contributed by atoms with Gasteiger partial charge in [-0.2, -0.15) is 0 Å². The molecule has 0 saturated heterocycles. The molecule has 1 rings (SSSR count). The second-order valence-corrected chi connectivity index (χ2v) is 4.20. The predicted molar refractivity (Wildman–Crippen MR) is 66.5 cm³/mol. The van der Waals surface area contributed by atoms with Crippen molar-refractivity contribution in [3.63, 3.8) is 0 Å². The molecule has 0 aliphatic carbocycles. The lowest BCUT2D eigenvalue weighted by molar-refractivity contribution is 0.198. The van der Waals surface area contributed by atoms with Gasteiger partial charge >= 0.3 is 0 Å². The Bertz CT molecular complexity index is 264. The summed E-state index contributed by atoms with van der Waals surface area (Å²) in [6.07, 6.45) is 6.06. The Morgan fingerprint density at radius 1 is 1.38 bits per heavy atom. The molecule has 1 N–H and O–H groups in total. The average Bonchev–Trinajstić information content (AvgIpc) is 2.33. The number of aromatic nitrogens is 1. The summed E-state index contributed by atoms with van der Waals surface area (Å²) in [5.41, 5.74) is 1.37. The molecule has 0 saturated carbocycles. The molecule has 3 nitrogen and oxygen atoms in total. The number of hydrogen-bond acceptors (Lipinski definition) is 3. The number of rotatable bonds is 8. The highest BCUT2D eigenvalue weighted by Crippen LogP contribution is 2.07. The van der Waals surface area contributed by atoms with Gasteiger partial charge in [-0.3, -0.25) is 4.98 Å². The Labute approximate surface area is 98.2 Å². The summed E-state index contributed by atoms with van der Waals surface area (Å²) in [6.45, 7) is 5.07. The average molecular weight is 222 g/mol. The largest absolute Gasteiger partial charge is 0.383 e. The smallest absolute Gasteiger partial charge is 0.0587 e. The molecule has 0 aliphatic rings. The topological polar surface area (TPSA) is 34.1 Å². The van der Waals surface area contributed by atoms with E-state index in [0.717, 1.165) is 26.1 Å². The van der Waals surface area contributed by atoms with Gasteiger partial charge < -0.3 is 10.1 Å². The van der Waals surface area contributed by atoms with Gasteiger partial charge in [0, 0.05) is 26.0 Å². The minimum atomic E-state index is 0.699. The monoisotopic (exact) mass is 222 g/mol. The van der Waals surface area contributed by atoms with Crippen molar-refractivity contribution in [2.75, 3.05) is 26.8 Å². The molecule has 0 fully saturated rings. The minimum Gasteiger partial charge on any atom is -0.383 e. The van der Waals surface area contributed by atoms with Crippen LogP contribution in [0, 0.1) is 5.92 Å². The third-order valence-electron chi connectivity index (χ3n) is 2.65. The molecular formula is C13H22N2O. The van der Waals surface area contributed by atoms with Crippen LogP contribution < -0.4 is 5.32 Å². The van der Waals surface area contributed by atoms with Gasteiger partial charge in [-0.25, -0.2) is 0 Å². The third kappa shape index (κ3) is 5.83. The Kier molecular flexibility index (Phi) is 6.77. The van der Waals surface area contributed by atoms with E-state index >= 15 is 0 Å². The SMILES string of the molecule is COCCNCC(C)CCc1ccncc1. The number of methoxy groups -OCH3 is 1. The normalized spacial score (nSPS) is 12.6. The first kappa shape index (κ1) is 13.1. The molecule has 0 aliphatic heterocycles. The van der Waals surface area contributed by atoms with Crippen LogP contribution in [0.2, 0.25) is 0 Å². The van der Waals surface area contributed by atoms with Gasteiger partial charge in [-0.15, -0.1) is 0 Å². The molecule has 0 amide bonds. The van der Waals surface area contributed by atoms with Gasteiger partial charge in [0.2, 0.25) is 0 Å². The molecule has 0 aromatic carbocycles. The van der Waals surface area contributed by atoms with Crippen LogP contribution in [0.3, 0.4) is 0 Å².